The minimum Gasteiger partial charge on any atom is -0.310 e. The van der Waals surface area contributed by atoms with Gasteiger partial charge in [-0.1, -0.05) is 151 Å². The van der Waals surface area contributed by atoms with Gasteiger partial charge in [0.25, 0.3) is 0 Å². The van der Waals surface area contributed by atoms with Crippen molar-refractivity contribution < 1.29 is 0 Å². The third-order valence-corrected chi connectivity index (χ3v) is 11.0. The molecule has 0 fully saturated rings. The van der Waals surface area contributed by atoms with Gasteiger partial charge in [-0.2, -0.15) is 0 Å². The summed E-state index contributed by atoms with van der Waals surface area (Å²) in [5, 5.41) is 3.67. The highest BCUT2D eigenvalue weighted by molar-refractivity contribution is 6.19. The molecule has 0 spiro atoms. The van der Waals surface area contributed by atoms with E-state index in [1.54, 1.807) is 0 Å². The van der Waals surface area contributed by atoms with E-state index in [2.05, 4.69) is 232 Å². The Bertz CT molecular complexity index is 2730. The summed E-state index contributed by atoms with van der Waals surface area (Å²) in [6, 6.07) is 64.6. The van der Waals surface area contributed by atoms with E-state index in [-0.39, 0.29) is 10.8 Å². The maximum atomic E-state index is 2.48. The molecule has 0 aliphatic heterocycles. The van der Waals surface area contributed by atoms with Gasteiger partial charge >= 0.3 is 0 Å². The van der Waals surface area contributed by atoms with E-state index in [4.69, 9.17) is 0 Å². The molecule has 0 unspecified atom stereocenters. The number of hydrogen-bond donors (Lipinski definition) is 0. The van der Waals surface area contributed by atoms with Gasteiger partial charge in [0.15, 0.2) is 0 Å². The van der Waals surface area contributed by atoms with Gasteiger partial charge in [0.2, 0.25) is 0 Å². The molecular formula is C52H47N3. The van der Waals surface area contributed by atoms with E-state index >= 15 is 0 Å². The highest BCUT2D eigenvalue weighted by atomic mass is 15.1. The molecule has 2 aromatic heterocycles. The van der Waals surface area contributed by atoms with Gasteiger partial charge in [-0.15, -0.1) is 0 Å². The second kappa shape index (κ2) is 13.2. The fraction of sp³-hybridized carbons (Fsp3) is 0.154. The molecule has 0 aliphatic carbocycles. The van der Waals surface area contributed by atoms with Gasteiger partial charge in [0.05, 0.1) is 22.2 Å². The summed E-state index contributed by atoms with van der Waals surface area (Å²) >= 11 is 0. The van der Waals surface area contributed by atoms with E-state index in [1.807, 2.05) is 0 Å². The van der Waals surface area contributed by atoms with Crippen LogP contribution in [-0.4, -0.2) is 9.13 Å². The number of hydrogen-bond acceptors (Lipinski definition) is 1. The molecule has 0 radical (unpaired) electrons. The Kier molecular flexibility index (Phi) is 8.27. The van der Waals surface area contributed by atoms with Crippen molar-refractivity contribution in [2.45, 2.75) is 52.4 Å². The number of fused-ring (bicyclic) bond motifs is 5. The van der Waals surface area contributed by atoms with Crippen molar-refractivity contribution in [1.82, 2.24) is 9.13 Å². The zero-order valence-electron chi connectivity index (χ0n) is 32.6. The van der Waals surface area contributed by atoms with Crippen LogP contribution in [0.1, 0.15) is 52.7 Å². The van der Waals surface area contributed by atoms with Crippen molar-refractivity contribution >= 4 is 49.8 Å². The quantitative estimate of drug-likeness (QED) is 0.167. The smallest absolute Gasteiger partial charge is 0.0788 e. The zero-order chi connectivity index (χ0) is 37.9. The van der Waals surface area contributed by atoms with Crippen molar-refractivity contribution in [2.24, 2.45) is 0 Å². The average molecular weight is 714 g/mol. The van der Waals surface area contributed by atoms with Crippen LogP contribution in [0.25, 0.3) is 55.3 Å². The lowest BCUT2D eigenvalue weighted by Crippen LogP contribution is -2.14. The van der Waals surface area contributed by atoms with Gasteiger partial charge < -0.3 is 14.0 Å². The fourth-order valence-corrected chi connectivity index (χ4v) is 8.11. The first-order valence-electron chi connectivity index (χ1n) is 19.4. The minimum atomic E-state index is 0.0668. The normalized spacial score (nSPS) is 12.2. The number of rotatable bonds is 6. The van der Waals surface area contributed by atoms with Crippen molar-refractivity contribution in [3.05, 3.63) is 187 Å². The summed E-state index contributed by atoms with van der Waals surface area (Å²) in [7, 11) is 0. The third-order valence-electron chi connectivity index (χ3n) is 11.0. The van der Waals surface area contributed by atoms with Crippen LogP contribution in [0.2, 0.25) is 0 Å². The van der Waals surface area contributed by atoms with Gasteiger partial charge in [-0.3, -0.25) is 0 Å². The molecule has 2 heterocycles. The molecule has 270 valence electrons. The molecular weight excluding hydrogens is 667 g/mol. The molecule has 0 N–H and O–H groups in total. The number of anilines is 3. The summed E-state index contributed by atoms with van der Waals surface area (Å²) in [6.07, 6.45) is 0. The molecule has 0 saturated carbocycles. The molecule has 9 aromatic rings. The molecule has 7 aromatic carbocycles. The van der Waals surface area contributed by atoms with Gasteiger partial charge in [0.1, 0.15) is 0 Å². The molecule has 3 nitrogen and oxygen atoms in total. The molecule has 0 aliphatic rings. The van der Waals surface area contributed by atoms with Crippen LogP contribution in [-0.2, 0) is 10.8 Å². The lowest BCUT2D eigenvalue weighted by molar-refractivity contribution is 0.590. The minimum absolute atomic E-state index is 0.0668. The summed E-state index contributed by atoms with van der Waals surface area (Å²) in [5.41, 5.74) is 14.3. The van der Waals surface area contributed by atoms with Crippen LogP contribution >= 0.6 is 0 Å². The summed E-state index contributed by atoms with van der Waals surface area (Å²) in [5.74, 6) is 0. The maximum Gasteiger partial charge on any atom is 0.0788 e. The van der Waals surface area contributed by atoms with Gasteiger partial charge in [-0.05, 0) is 94.3 Å². The standard InChI is InChI=1S/C52H47N3/c1-51(2,3)38-25-29-41(30-26-38)53(42-31-27-39(28-32-42)52(4,5)6)43-20-15-21-44(35-43)55-47-23-14-13-22-45(47)46-33-24-37-34-48(36-16-9-7-10-17-36)54(49(37)50(46)55)40-18-11-8-12-19-40/h7-35H,1-6H3. The SMILES string of the molecule is CC(C)(C)c1ccc(N(c2ccc(C(C)(C)C)cc2)c2cccc(-n3c4ccccc4c4ccc5cc(-c6ccccc6)n(-c6ccccc6)c5c43)c2)cc1. The highest BCUT2D eigenvalue weighted by Gasteiger charge is 2.23. The number of benzene rings is 7. The first-order valence-corrected chi connectivity index (χ1v) is 19.4. The molecule has 55 heavy (non-hydrogen) atoms. The van der Waals surface area contributed by atoms with Crippen LogP contribution in [0.15, 0.2) is 176 Å². The first-order chi connectivity index (χ1) is 26.6. The average Bonchev–Trinajstić information content (AvgIpc) is 3.75. The van der Waals surface area contributed by atoms with E-state index in [0.29, 0.717) is 0 Å². The predicted molar refractivity (Wildman–Crippen MR) is 235 cm³/mol. The van der Waals surface area contributed by atoms with E-state index in [9.17, 15) is 0 Å². The largest absolute Gasteiger partial charge is 0.310 e. The topological polar surface area (TPSA) is 13.1 Å². The maximum absolute atomic E-state index is 2.48. The predicted octanol–water partition coefficient (Wildman–Crippen LogP) is 14.5. The molecule has 0 saturated heterocycles. The lowest BCUT2D eigenvalue weighted by Gasteiger charge is -2.28. The second-order valence-electron chi connectivity index (χ2n) is 16.8. The van der Waals surface area contributed by atoms with E-state index in [0.717, 1.165) is 28.4 Å². The fourth-order valence-electron chi connectivity index (χ4n) is 8.11. The summed E-state index contributed by atoms with van der Waals surface area (Å²) in [4.78, 5) is 2.39. The Balaban J connectivity index is 1.31. The molecule has 0 amide bonds. The Morgan fingerprint density at radius 1 is 0.400 bits per heavy atom. The van der Waals surface area contributed by atoms with Gasteiger partial charge in [0, 0.05) is 44.6 Å². The summed E-state index contributed by atoms with van der Waals surface area (Å²) in [6.45, 7) is 13.6. The number of nitrogens with zero attached hydrogens (tertiary/aromatic N) is 3. The van der Waals surface area contributed by atoms with Crippen molar-refractivity contribution in [3.8, 4) is 22.6 Å². The highest BCUT2D eigenvalue weighted by Crippen LogP contribution is 2.43. The zero-order valence-corrected chi connectivity index (χ0v) is 32.6. The Hall–Kier alpha value is -6.32. The summed E-state index contributed by atoms with van der Waals surface area (Å²) < 4.78 is 4.93. The molecule has 0 bridgehead atoms. The van der Waals surface area contributed by atoms with Crippen LogP contribution in [0.3, 0.4) is 0 Å². The van der Waals surface area contributed by atoms with E-state index in [1.165, 1.54) is 55.1 Å². The second-order valence-corrected chi connectivity index (χ2v) is 16.8. The van der Waals surface area contributed by atoms with Crippen molar-refractivity contribution in [2.75, 3.05) is 4.90 Å². The molecule has 9 rings (SSSR count). The van der Waals surface area contributed by atoms with Crippen LogP contribution in [0, 0.1) is 0 Å². The van der Waals surface area contributed by atoms with Crippen LogP contribution in [0.4, 0.5) is 17.1 Å². The third kappa shape index (κ3) is 6.10. The Labute approximate surface area is 324 Å². The van der Waals surface area contributed by atoms with Crippen molar-refractivity contribution in [1.29, 1.82) is 0 Å². The monoisotopic (exact) mass is 713 g/mol. The number of para-hydroxylation sites is 2. The van der Waals surface area contributed by atoms with Gasteiger partial charge in [-0.25, -0.2) is 0 Å². The Morgan fingerprint density at radius 3 is 1.58 bits per heavy atom. The first kappa shape index (κ1) is 34.4. The molecule has 3 heteroatoms. The lowest BCUT2D eigenvalue weighted by atomic mass is 9.86. The van der Waals surface area contributed by atoms with Crippen LogP contribution < -0.4 is 4.90 Å². The molecule has 0 atom stereocenters. The van der Waals surface area contributed by atoms with E-state index < -0.39 is 0 Å². The Morgan fingerprint density at radius 2 is 0.964 bits per heavy atom. The van der Waals surface area contributed by atoms with Crippen LogP contribution in [0.5, 0.6) is 0 Å². The van der Waals surface area contributed by atoms with Crippen molar-refractivity contribution in [3.63, 3.8) is 0 Å². The number of aromatic nitrogens is 2.